The van der Waals surface area contributed by atoms with Crippen LogP contribution in [-0.4, -0.2) is 31.2 Å². The quantitative estimate of drug-likeness (QED) is 0.541. The fourth-order valence-corrected chi connectivity index (χ4v) is 4.97. The lowest BCUT2D eigenvalue weighted by atomic mass is 9.54. The third kappa shape index (κ3) is 3.59. The molecular weight excluding hydrogens is 242 g/mol. The van der Waals surface area contributed by atoms with Gasteiger partial charge < -0.3 is 4.48 Å². The first-order valence-corrected chi connectivity index (χ1v) is 9.10. The molecule has 1 heterocycles. The molecule has 0 spiro atoms. The lowest BCUT2D eigenvalue weighted by Gasteiger charge is -2.58. The van der Waals surface area contributed by atoms with Crippen LogP contribution in [0.15, 0.2) is 0 Å². The van der Waals surface area contributed by atoms with Crippen LogP contribution in [0, 0.1) is 16.7 Å². The number of likely N-dealkylation sites (tertiary alicyclic amines) is 1. The van der Waals surface area contributed by atoms with Crippen LogP contribution in [0.3, 0.4) is 0 Å². The summed E-state index contributed by atoms with van der Waals surface area (Å²) in [4.78, 5) is 0. The van der Waals surface area contributed by atoms with Crippen molar-refractivity contribution >= 4 is 0 Å². The number of unbranched alkanes of at least 4 members (excludes halogenated alkanes) is 1. The molecule has 0 bridgehead atoms. The molecular formula is C19H40N+. The molecule has 1 heteroatoms. The summed E-state index contributed by atoms with van der Waals surface area (Å²) in [5.41, 5.74) is 1.10. The monoisotopic (exact) mass is 282 g/mol. The summed E-state index contributed by atoms with van der Waals surface area (Å²) in [5, 5.41) is 0. The second-order valence-corrected chi connectivity index (χ2v) is 8.47. The molecule has 20 heavy (non-hydrogen) atoms. The van der Waals surface area contributed by atoms with E-state index in [1.54, 1.807) is 0 Å². The molecule has 0 radical (unpaired) electrons. The lowest BCUT2D eigenvalue weighted by molar-refractivity contribution is -0.925. The fraction of sp³-hybridized carbons (Fsp3) is 1.00. The number of hydrogen-bond acceptors (Lipinski definition) is 0. The van der Waals surface area contributed by atoms with Gasteiger partial charge in [-0.05, 0) is 37.0 Å². The van der Waals surface area contributed by atoms with Crippen LogP contribution in [0.25, 0.3) is 0 Å². The maximum Gasteiger partial charge on any atom is 0.0844 e. The Morgan fingerprint density at radius 2 is 1.75 bits per heavy atom. The van der Waals surface area contributed by atoms with Crippen molar-refractivity contribution in [1.82, 2.24) is 0 Å². The second kappa shape index (κ2) is 6.81. The summed E-state index contributed by atoms with van der Waals surface area (Å²) < 4.78 is 1.32. The maximum absolute atomic E-state index is 2.60. The molecule has 120 valence electrons. The van der Waals surface area contributed by atoms with E-state index in [0.717, 1.165) is 5.92 Å². The Morgan fingerprint density at radius 3 is 2.20 bits per heavy atom. The first kappa shape index (κ1) is 18.0. The van der Waals surface area contributed by atoms with Gasteiger partial charge in [0.15, 0.2) is 0 Å². The molecule has 3 atom stereocenters. The van der Waals surface area contributed by atoms with Crippen LogP contribution < -0.4 is 0 Å². The molecule has 0 amide bonds. The smallest absolute Gasteiger partial charge is 0.0844 e. The fourth-order valence-electron chi connectivity index (χ4n) is 4.97. The summed E-state index contributed by atoms with van der Waals surface area (Å²) in [7, 11) is 2.51. The minimum atomic E-state index is 0.521. The highest BCUT2D eigenvalue weighted by Crippen LogP contribution is 2.55. The second-order valence-electron chi connectivity index (χ2n) is 8.47. The third-order valence-corrected chi connectivity index (χ3v) is 6.45. The Labute approximate surface area is 128 Å². The Kier molecular flexibility index (Phi) is 6.14. The normalized spacial score (nSPS) is 38.4. The summed E-state index contributed by atoms with van der Waals surface area (Å²) in [6, 6.07) is 0. The van der Waals surface area contributed by atoms with E-state index in [1.807, 2.05) is 0 Å². The number of rotatable bonds is 7. The van der Waals surface area contributed by atoms with E-state index in [-0.39, 0.29) is 0 Å². The third-order valence-electron chi connectivity index (χ3n) is 6.45. The van der Waals surface area contributed by atoms with Gasteiger partial charge in [0.25, 0.3) is 0 Å². The Balaban J connectivity index is 2.96. The zero-order chi connectivity index (χ0) is 15.4. The summed E-state index contributed by atoms with van der Waals surface area (Å²) in [5.74, 6) is 0.827. The largest absolute Gasteiger partial charge is 0.326 e. The van der Waals surface area contributed by atoms with Crippen molar-refractivity contribution in [2.75, 3.05) is 26.7 Å². The van der Waals surface area contributed by atoms with Crippen LogP contribution in [0.2, 0.25) is 0 Å². The van der Waals surface area contributed by atoms with Crippen molar-refractivity contribution in [2.24, 2.45) is 16.7 Å². The highest BCUT2D eigenvalue weighted by atomic mass is 15.3. The van der Waals surface area contributed by atoms with E-state index < -0.39 is 0 Å². The molecule has 0 aromatic carbocycles. The molecule has 1 aliphatic rings. The van der Waals surface area contributed by atoms with Crippen molar-refractivity contribution in [3.63, 3.8) is 0 Å². The number of hydrogen-bond donors (Lipinski definition) is 0. The Bertz CT molecular complexity index is 298. The van der Waals surface area contributed by atoms with Crippen LogP contribution in [-0.2, 0) is 0 Å². The maximum atomic E-state index is 2.60. The number of nitrogens with zero attached hydrogens (tertiary/aromatic N) is 1. The number of piperidine rings is 1. The lowest BCUT2D eigenvalue weighted by Crippen LogP contribution is -2.62. The van der Waals surface area contributed by atoms with Gasteiger partial charge in [-0.1, -0.05) is 48.0 Å². The van der Waals surface area contributed by atoms with Crippen molar-refractivity contribution < 1.29 is 4.48 Å². The van der Waals surface area contributed by atoms with E-state index in [2.05, 4.69) is 48.6 Å². The van der Waals surface area contributed by atoms with Gasteiger partial charge in [0.2, 0.25) is 0 Å². The predicted molar refractivity (Wildman–Crippen MR) is 90.9 cm³/mol. The SMILES string of the molecule is CCCC[N+]1(C)CCC(CC)(CC(C)C)C(C)(CC)C1. The first-order valence-electron chi connectivity index (χ1n) is 9.10. The van der Waals surface area contributed by atoms with E-state index in [0.29, 0.717) is 10.8 Å². The molecule has 1 saturated heterocycles. The molecule has 0 N–H and O–H groups in total. The zero-order valence-electron chi connectivity index (χ0n) is 15.4. The van der Waals surface area contributed by atoms with Crippen molar-refractivity contribution in [1.29, 1.82) is 0 Å². The van der Waals surface area contributed by atoms with Gasteiger partial charge >= 0.3 is 0 Å². The van der Waals surface area contributed by atoms with Crippen LogP contribution in [0.1, 0.15) is 80.1 Å². The van der Waals surface area contributed by atoms with Crippen molar-refractivity contribution in [3.8, 4) is 0 Å². The topological polar surface area (TPSA) is 0 Å². The minimum absolute atomic E-state index is 0.521. The van der Waals surface area contributed by atoms with Crippen molar-refractivity contribution in [2.45, 2.75) is 80.1 Å². The zero-order valence-corrected chi connectivity index (χ0v) is 15.4. The van der Waals surface area contributed by atoms with Crippen molar-refractivity contribution in [3.05, 3.63) is 0 Å². The molecule has 1 fully saturated rings. The summed E-state index contributed by atoms with van der Waals surface area (Å²) >= 11 is 0. The average molecular weight is 283 g/mol. The minimum Gasteiger partial charge on any atom is -0.326 e. The molecule has 0 aromatic rings. The average Bonchev–Trinajstić information content (AvgIpc) is 2.40. The molecule has 0 aromatic heterocycles. The summed E-state index contributed by atoms with van der Waals surface area (Å²) in [6.07, 6.45) is 8.28. The van der Waals surface area contributed by atoms with Gasteiger partial charge in [0, 0.05) is 11.8 Å². The molecule has 3 unspecified atom stereocenters. The number of quaternary nitrogens is 1. The van der Waals surface area contributed by atoms with Crippen LogP contribution in [0.5, 0.6) is 0 Å². The van der Waals surface area contributed by atoms with Crippen LogP contribution >= 0.6 is 0 Å². The Hall–Kier alpha value is -0.0400. The van der Waals surface area contributed by atoms with Gasteiger partial charge in [-0.2, -0.15) is 0 Å². The standard InChI is InChI=1S/C19H40N/c1-8-11-13-20(7)14-12-19(10-3,15-17(4)5)18(6,9-2)16-20/h17H,8-16H2,1-7H3/q+1. The van der Waals surface area contributed by atoms with E-state index in [9.17, 15) is 0 Å². The molecule has 1 rings (SSSR count). The van der Waals surface area contributed by atoms with Gasteiger partial charge in [0.1, 0.15) is 0 Å². The highest BCUT2D eigenvalue weighted by molar-refractivity contribution is 4.97. The van der Waals surface area contributed by atoms with E-state index in [4.69, 9.17) is 0 Å². The molecule has 1 nitrogen and oxygen atoms in total. The molecule has 1 aliphatic heterocycles. The van der Waals surface area contributed by atoms with Gasteiger partial charge in [-0.15, -0.1) is 0 Å². The first-order chi connectivity index (χ1) is 9.26. The van der Waals surface area contributed by atoms with Crippen LogP contribution in [0.4, 0.5) is 0 Å². The molecule has 0 aliphatic carbocycles. The van der Waals surface area contributed by atoms with Gasteiger partial charge in [-0.3, -0.25) is 0 Å². The summed E-state index contributed by atoms with van der Waals surface area (Å²) in [6.45, 7) is 18.8. The predicted octanol–water partition coefficient (Wildman–Crippen LogP) is 5.50. The van der Waals surface area contributed by atoms with E-state index >= 15 is 0 Å². The molecule has 0 saturated carbocycles. The van der Waals surface area contributed by atoms with Gasteiger partial charge in [0.05, 0.1) is 26.7 Å². The van der Waals surface area contributed by atoms with E-state index in [1.165, 1.54) is 62.6 Å². The highest BCUT2D eigenvalue weighted by Gasteiger charge is 2.53. The Morgan fingerprint density at radius 1 is 1.10 bits per heavy atom. The van der Waals surface area contributed by atoms with Gasteiger partial charge in [-0.25, -0.2) is 0 Å².